The molecule has 0 radical (unpaired) electrons. The van der Waals surface area contributed by atoms with E-state index in [-0.39, 0.29) is 17.6 Å². The summed E-state index contributed by atoms with van der Waals surface area (Å²) in [4.78, 5) is 35.5. The van der Waals surface area contributed by atoms with E-state index in [9.17, 15) is 18.8 Å². The Kier molecular flexibility index (Phi) is 7.45. The van der Waals surface area contributed by atoms with Crippen LogP contribution in [0, 0.1) is 11.7 Å². The second-order valence-electron chi connectivity index (χ2n) is 6.55. The molecule has 0 heterocycles. The van der Waals surface area contributed by atoms with E-state index < -0.39 is 11.8 Å². The molecule has 0 fully saturated rings. The highest BCUT2D eigenvalue weighted by molar-refractivity contribution is 5.98. The molecular formula is C21H22FN3O3. The number of carbonyl (C=O) groups is 3. The Bertz CT molecular complexity index is 859. The fourth-order valence-corrected chi connectivity index (χ4v) is 2.27. The molecular weight excluding hydrogens is 361 g/mol. The number of amides is 3. The number of hydrogen-bond donors (Lipinski definition) is 3. The van der Waals surface area contributed by atoms with Crippen LogP contribution in [0.15, 0.2) is 54.6 Å². The first-order valence-electron chi connectivity index (χ1n) is 8.77. The first kappa shape index (κ1) is 20.8. The molecule has 0 aliphatic rings. The second-order valence-corrected chi connectivity index (χ2v) is 6.55. The van der Waals surface area contributed by atoms with E-state index in [0.29, 0.717) is 23.2 Å². The summed E-state index contributed by atoms with van der Waals surface area (Å²) in [5.41, 5.74) is 6.12. The van der Waals surface area contributed by atoms with Gasteiger partial charge in [-0.3, -0.25) is 25.2 Å². The number of rotatable bonds is 6. The van der Waals surface area contributed by atoms with Crippen LogP contribution < -0.4 is 16.2 Å². The molecule has 0 saturated carbocycles. The highest BCUT2D eigenvalue weighted by Crippen LogP contribution is 2.11. The summed E-state index contributed by atoms with van der Waals surface area (Å²) in [5.74, 6) is -1.23. The zero-order valence-electron chi connectivity index (χ0n) is 15.7. The third-order valence-electron chi connectivity index (χ3n) is 3.62. The van der Waals surface area contributed by atoms with Gasteiger partial charge in [-0.1, -0.05) is 26.0 Å². The van der Waals surface area contributed by atoms with Crippen molar-refractivity contribution >= 4 is 29.5 Å². The highest BCUT2D eigenvalue weighted by Gasteiger charge is 2.08. The Morgan fingerprint density at radius 3 is 2.21 bits per heavy atom. The molecule has 28 heavy (non-hydrogen) atoms. The van der Waals surface area contributed by atoms with Crippen LogP contribution in [0.25, 0.3) is 6.08 Å². The van der Waals surface area contributed by atoms with E-state index in [2.05, 4.69) is 16.2 Å². The molecule has 0 spiro atoms. The van der Waals surface area contributed by atoms with Crippen LogP contribution in [0.3, 0.4) is 0 Å². The van der Waals surface area contributed by atoms with E-state index in [4.69, 9.17) is 0 Å². The van der Waals surface area contributed by atoms with E-state index in [1.54, 1.807) is 24.3 Å². The number of nitrogens with one attached hydrogen (secondary N) is 3. The van der Waals surface area contributed by atoms with Gasteiger partial charge in [0.1, 0.15) is 5.82 Å². The molecule has 2 aromatic carbocycles. The summed E-state index contributed by atoms with van der Waals surface area (Å²) in [6.07, 6.45) is 3.14. The molecule has 6 nitrogen and oxygen atoms in total. The molecule has 0 bridgehead atoms. The van der Waals surface area contributed by atoms with Crippen LogP contribution in [0.2, 0.25) is 0 Å². The summed E-state index contributed by atoms with van der Waals surface area (Å²) in [5, 5.41) is 2.75. The topological polar surface area (TPSA) is 87.3 Å². The van der Waals surface area contributed by atoms with Crippen molar-refractivity contribution in [1.29, 1.82) is 0 Å². The summed E-state index contributed by atoms with van der Waals surface area (Å²) < 4.78 is 12.8. The van der Waals surface area contributed by atoms with E-state index in [0.717, 1.165) is 0 Å². The lowest BCUT2D eigenvalue weighted by molar-refractivity contribution is -0.117. The average Bonchev–Trinajstić information content (AvgIpc) is 2.65. The van der Waals surface area contributed by atoms with Crippen molar-refractivity contribution in [2.75, 3.05) is 5.32 Å². The van der Waals surface area contributed by atoms with Crippen LogP contribution in [0.5, 0.6) is 0 Å². The summed E-state index contributed by atoms with van der Waals surface area (Å²) >= 11 is 0. The van der Waals surface area contributed by atoms with Crippen molar-refractivity contribution in [2.24, 2.45) is 5.92 Å². The van der Waals surface area contributed by atoms with Gasteiger partial charge in [0.15, 0.2) is 0 Å². The molecule has 146 valence electrons. The molecule has 0 atom stereocenters. The Labute approximate surface area is 162 Å². The predicted octanol–water partition coefficient (Wildman–Crippen LogP) is 3.28. The Morgan fingerprint density at radius 1 is 0.964 bits per heavy atom. The van der Waals surface area contributed by atoms with Gasteiger partial charge in [0.2, 0.25) is 5.91 Å². The van der Waals surface area contributed by atoms with Crippen molar-refractivity contribution in [3.63, 3.8) is 0 Å². The lowest BCUT2D eigenvalue weighted by Crippen LogP contribution is -2.40. The van der Waals surface area contributed by atoms with Crippen LogP contribution in [-0.4, -0.2) is 17.7 Å². The van der Waals surface area contributed by atoms with Gasteiger partial charge in [0.05, 0.1) is 0 Å². The standard InChI is InChI=1S/C21H22FN3O3/c1-14(2)13-20(27)23-18-10-6-16(7-11-18)21(28)25-24-19(26)12-5-15-3-8-17(22)9-4-15/h3-12,14H,13H2,1-2H3,(H,23,27)(H,24,26)(H,25,28)/b12-5+. The molecule has 2 rings (SSSR count). The second kappa shape index (κ2) is 10.0. The highest BCUT2D eigenvalue weighted by atomic mass is 19.1. The van der Waals surface area contributed by atoms with Crippen LogP contribution in [0.4, 0.5) is 10.1 Å². The fourth-order valence-electron chi connectivity index (χ4n) is 2.27. The van der Waals surface area contributed by atoms with Gasteiger partial charge in [0, 0.05) is 23.7 Å². The monoisotopic (exact) mass is 383 g/mol. The van der Waals surface area contributed by atoms with Gasteiger partial charge in [-0.05, 0) is 54.0 Å². The number of benzene rings is 2. The van der Waals surface area contributed by atoms with Gasteiger partial charge in [-0.2, -0.15) is 0 Å². The molecule has 0 aliphatic heterocycles. The van der Waals surface area contributed by atoms with Gasteiger partial charge < -0.3 is 5.32 Å². The van der Waals surface area contributed by atoms with Gasteiger partial charge >= 0.3 is 0 Å². The minimum atomic E-state index is -0.532. The van der Waals surface area contributed by atoms with Crippen molar-refractivity contribution in [1.82, 2.24) is 10.9 Å². The number of halogens is 1. The zero-order chi connectivity index (χ0) is 20.5. The average molecular weight is 383 g/mol. The number of hydrogen-bond acceptors (Lipinski definition) is 3. The van der Waals surface area contributed by atoms with E-state index in [1.165, 1.54) is 36.4 Å². The molecule has 0 unspecified atom stereocenters. The Balaban J connectivity index is 1.82. The molecule has 3 N–H and O–H groups in total. The Morgan fingerprint density at radius 2 is 1.61 bits per heavy atom. The van der Waals surface area contributed by atoms with Crippen molar-refractivity contribution in [2.45, 2.75) is 20.3 Å². The quantitative estimate of drug-likeness (QED) is 0.528. The van der Waals surface area contributed by atoms with E-state index >= 15 is 0 Å². The summed E-state index contributed by atoms with van der Waals surface area (Å²) in [7, 11) is 0. The van der Waals surface area contributed by atoms with Crippen LogP contribution in [0.1, 0.15) is 36.2 Å². The third-order valence-corrected chi connectivity index (χ3v) is 3.62. The maximum absolute atomic E-state index is 12.8. The summed E-state index contributed by atoms with van der Waals surface area (Å²) in [6, 6.07) is 11.9. The first-order valence-corrected chi connectivity index (χ1v) is 8.77. The van der Waals surface area contributed by atoms with E-state index in [1.807, 2.05) is 13.8 Å². The first-order chi connectivity index (χ1) is 13.3. The third kappa shape index (κ3) is 7.03. The maximum Gasteiger partial charge on any atom is 0.269 e. The normalized spacial score (nSPS) is 10.7. The number of anilines is 1. The largest absolute Gasteiger partial charge is 0.326 e. The van der Waals surface area contributed by atoms with Crippen molar-refractivity contribution < 1.29 is 18.8 Å². The molecule has 0 aliphatic carbocycles. The minimum Gasteiger partial charge on any atom is -0.326 e. The predicted molar refractivity (Wildman–Crippen MR) is 106 cm³/mol. The molecule has 0 aromatic heterocycles. The van der Waals surface area contributed by atoms with Crippen molar-refractivity contribution in [3.8, 4) is 0 Å². The number of carbonyl (C=O) groups excluding carboxylic acids is 3. The maximum atomic E-state index is 12.8. The van der Waals surface area contributed by atoms with Crippen molar-refractivity contribution in [3.05, 3.63) is 71.6 Å². The minimum absolute atomic E-state index is 0.0904. The fraction of sp³-hybridized carbons (Fsp3) is 0.190. The summed E-state index contributed by atoms with van der Waals surface area (Å²) in [6.45, 7) is 3.91. The number of hydrazine groups is 1. The zero-order valence-corrected chi connectivity index (χ0v) is 15.7. The molecule has 7 heteroatoms. The SMILES string of the molecule is CC(C)CC(=O)Nc1ccc(C(=O)NNC(=O)/C=C/c2ccc(F)cc2)cc1. The van der Waals surface area contributed by atoms with Gasteiger partial charge in [-0.25, -0.2) is 4.39 Å². The lowest BCUT2D eigenvalue weighted by atomic mass is 10.1. The van der Waals surface area contributed by atoms with Gasteiger partial charge in [-0.15, -0.1) is 0 Å². The van der Waals surface area contributed by atoms with Crippen LogP contribution in [-0.2, 0) is 9.59 Å². The molecule has 0 saturated heterocycles. The Hall–Kier alpha value is -3.48. The van der Waals surface area contributed by atoms with Crippen LogP contribution >= 0.6 is 0 Å². The van der Waals surface area contributed by atoms with Gasteiger partial charge in [0.25, 0.3) is 11.8 Å². The smallest absolute Gasteiger partial charge is 0.269 e. The lowest BCUT2D eigenvalue weighted by Gasteiger charge is -2.08. The molecule has 2 aromatic rings. The molecule has 3 amide bonds.